The van der Waals surface area contributed by atoms with E-state index in [9.17, 15) is 9.90 Å². The van der Waals surface area contributed by atoms with Gasteiger partial charge >= 0.3 is 0 Å². The lowest BCUT2D eigenvalue weighted by molar-refractivity contribution is -0.00792. The molecule has 1 aliphatic rings. The van der Waals surface area contributed by atoms with E-state index >= 15 is 0 Å². The second kappa shape index (κ2) is 5.78. The fourth-order valence-electron chi connectivity index (χ4n) is 2.83. The molecule has 0 spiro atoms. The highest BCUT2D eigenvalue weighted by Crippen LogP contribution is 2.33. The predicted molar refractivity (Wildman–Crippen MR) is 74.9 cm³/mol. The van der Waals surface area contributed by atoms with Gasteiger partial charge in [-0.1, -0.05) is 13.3 Å². The van der Waals surface area contributed by atoms with Crippen LogP contribution in [0.4, 0.5) is 0 Å². The van der Waals surface area contributed by atoms with Crippen LogP contribution in [0.15, 0.2) is 18.3 Å². The number of carbonyl (C=O) groups is 1. The van der Waals surface area contributed by atoms with Gasteiger partial charge in [0.25, 0.3) is 5.91 Å². The smallest absolute Gasteiger partial charge is 0.267 e. The van der Waals surface area contributed by atoms with Gasteiger partial charge in [-0.05, 0) is 43.7 Å². The highest BCUT2D eigenvalue weighted by molar-refractivity contribution is 5.92. The van der Waals surface area contributed by atoms with Gasteiger partial charge in [0.05, 0.1) is 5.60 Å². The van der Waals surface area contributed by atoms with Gasteiger partial charge in [0, 0.05) is 19.8 Å². The molecule has 2 rings (SSSR count). The van der Waals surface area contributed by atoms with Crippen molar-refractivity contribution in [3.8, 4) is 0 Å². The van der Waals surface area contributed by atoms with Crippen LogP contribution >= 0.6 is 0 Å². The summed E-state index contributed by atoms with van der Waals surface area (Å²) in [5, 5.41) is 13.3. The van der Waals surface area contributed by atoms with E-state index in [4.69, 9.17) is 0 Å². The van der Waals surface area contributed by atoms with Crippen LogP contribution in [0, 0.1) is 5.92 Å². The van der Waals surface area contributed by atoms with Crippen LogP contribution < -0.4 is 5.32 Å². The van der Waals surface area contributed by atoms with E-state index < -0.39 is 5.60 Å². The number of aliphatic hydroxyl groups is 1. The Kier molecular flexibility index (Phi) is 4.30. The molecule has 19 heavy (non-hydrogen) atoms. The largest absolute Gasteiger partial charge is 0.388 e. The number of hydrogen-bond donors (Lipinski definition) is 2. The van der Waals surface area contributed by atoms with Gasteiger partial charge in [-0.15, -0.1) is 0 Å². The van der Waals surface area contributed by atoms with Gasteiger partial charge < -0.3 is 15.0 Å². The maximum Gasteiger partial charge on any atom is 0.267 e. The van der Waals surface area contributed by atoms with E-state index in [2.05, 4.69) is 12.2 Å². The number of rotatable bonds is 4. The molecule has 0 unspecified atom stereocenters. The van der Waals surface area contributed by atoms with Crippen LogP contribution in [0.2, 0.25) is 0 Å². The first-order chi connectivity index (χ1) is 9.04. The molecule has 1 aromatic rings. The molecule has 1 saturated carbocycles. The van der Waals surface area contributed by atoms with Crippen molar-refractivity contribution in [2.24, 2.45) is 13.0 Å². The lowest BCUT2D eigenvalue weighted by atomic mass is 9.78. The fraction of sp³-hybridized carbons (Fsp3) is 0.667. The first-order valence-corrected chi connectivity index (χ1v) is 7.16. The molecule has 0 radical (unpaired) electrons. The van der Waals surface area contributed by atoms with Gasteiger partial charge in [0.2, 0.25) is 0 Å². The van der Waals surface area contributed by atoms with E-state index in [0.29, 0.717) is 12.2 Å². The number of amides is 1. The summed E-state index contributed by atoms with van der Waals surface area (Å²) in [5.74, 6) is 0.627. The van der Waals surface area contributed by atoms with Crippen LogP contribution in [-0.4, -0.2) is 27.7 Å². The molecular weight excluding hydrogens is 240 g/mol. The molecule has 2 N–H and O–H groups in total. The zero-order valence-corrected chi connectivity index (χ0v) is 11.9. The molecule has 0 bridgehead atoms. The fourth-order valence-corrected chi connectivity index (χ4v) is 2.83. The van der Waals surface area contributed by atoms with Crippen molar-refractivity contribution in [1.82, 2.24) is 9.88 Å². The molecule has 1 amide bonds. The van der Waals surface area contributed by atoms with Crippen LogP contribution in [0.1, 0.15) is 49.5 Å². The summed E-state index contributed by atoms with van der Waals surface area (Å²) >= 11 is 0. The Morgan fingerprint density at radius 1 is 1.53 bits per heavy atom. The Morgan fingerprint density at radius 2 is 2.21 bits per heavy atom. The van der Waals surface area contributed by atoms with Crippen molar-refractivity contribution in [3.05, 3.63) is 24.0 Å². The van der Waals surface area contributed by atoms with Gasteiger partial charge in [0.1, 0.15) is 5.69 Å². The standard InChI is InChI=1S/C15H24N2O2/c1-3-12-6-8-15(19,9-7-12)11-16-14(18)13-5-4-10-17(13)2/h4-5,10,12,19H,3,6-9,11H2,1-2H3,(H,16,18). The Labute approximate surface area is 114 Å². The van der Waals surface area contributed by atoms with Crippen molar-refractivity contribution in [1.29, 1.82) is 0 Å². The van der Waals surface area contributed by atoms with E-state index in [1.807, 2.05) is 19.3 Å². The molecule has 0 aromatic carbocycles. The minimum atomic E-state index is -0.716. The first kappa shape index (κ1) is 14.1. The van der Waals surface area contributed by atoms with E-state index in [1.54, 1.807) is 10.6 Å². The van der Waals surface area contributed by atoms with E-state index in [0.717, 1.165) is 31.6 Å². The van der Waals surface area contributed by atoms with Gasteiger partial charge in [0.15, 0.2) is 0 Å². The Bertz CT molecular complexity index is 431. The topological polar surface area (TPSA) is 54.3 Å². The summed E-state index contributed by atoms with van der Waals surface area (Å²) in [6.07, 6.45) is 6.74. The minimum absolute atomic E-state index is 0.112. The Hall–Kier alpha value is -1.29. The van der Waals surface area contributed by atoms with Gasteiger partial charge in [-0.3, -0.25) is 4.79 Å². The van der Waals surface area contributed by atoms with Crippen molar-refractivity contribution >= 4 is 5.91 Å². The molecule has 0 atom stereocenters. The summed E-state index contributed by atoms with van der Waals surface area (Å²) < 4.78 is 1.79. The second-order valence-corrected chi connectivity index (χ2v) is 5.76. The molecule has 1 heterocycles. The molecule has 0 saturated heterocycles. The number of hydrogen-bond acceptors (Lipinski definition) is 2. The van der Waals surface area contributed by atoms with Crippen LogP contribution in [0.3, 0.4) is 0 Å². The molecule has 1 aromatic heterocycles. The quantitative estimate of drug-likeness (QED) is 0.875. The summed E-state index contributed by atoms with van der Waals surface area (Å²) in [4.78, 5) is 12.0. The van der Waals surface area contributed by atoms with Crippen molar-refractivity contribution in [2.45, 2.75) is 44.6 Å². The van der Waals surface area contributed by atoms with E-state index in [-0.39, 0.29) is 5.91 Å². The average Bonchev–Trinajstić information content (AvgIpc) is 2.83. The van der Waals surface area contributed by atoms with Gasteiger partial charge in [-0.2, -0.15) is 0 Å². The molecule has 1 aliphatic carbocycles. The summed E-state index contributed by atoms with van der Waals surface area (Å²) in [6, 6.07) is 3.63. The zero-order valence-electron chi connectivity index (χ0n) is 11.9. The SMILES string of the molecule is CCC1CCC(O)(CNC(=O)c2cccn2C)CC1. The second-order valence-electron chi connectivity index (χ2n) is 5.76. The maximum absolute atomic E-state index is 12.0. The lowest BCUT2D eigenvalue weighted by Gasteiger charge is -2.35. The third kappa shape index (κ3) is 3.38. The van der Waals surface area contributed by atoms with Crippen molar-refractivity contribution < 1.29 is 9.90 Å². The minimum Gasteiger partial charge on any atom is -0.388 e. The molecular formula is C15H24N2O2. The monoisotopic (exact) mass is 264 g/mol. The predicted octanol–water partition coefficient (Wildman–Crippen LogP) is 2.09. The third-order valence-electron chi connectivity index (χ3n) is 4.37. The Balaban J connectivity index is 1.85. The maximum atomic E-state index is 12.0. The molecule has 1 fully saturated rings. The van der Waals surface area contributed by atoms with Crippen molar-refractivity contribution in [2.75, 3.05) is 6.54 Å². The highest BCUT2D eigenvalue weighted by Gasteiger charge is 2.33. The summed E-state index contributed by atoms with van der Waals surface area (Å²) in [6.45, 7) is 2.56. The molecule has 0 aliphatic heterocycles. The number of aromatic nitrogens is 1. The average molecular weight is 264 g/mol. The van der Waals surface area contributed by atoms with Crippen molar-refractivity contribution in [3.63, 3.8) is 0 Å². The van der Waals surface area contributed by atoms with Gasteiger partial charge in [-0.25, -0.2) is 0 Å². The van der Waals surface area contributed by atoms with Crippen LogP contribution in [-0.2, 0) is 7.05 Å². The summed E-state index contributed by atoms with van der Waals surface area (Å²) in [5.41, 5.74) is -0.0854. The number of aryl methyl sites for hydroxylation is 1. The van der Waals surface area contributed by atoms with Crippen LogP contribution in [0.5, 0.6) is 0 Å². The van der Waals surface area contributed by atoms with Crippen LogP contribution in [0.25, 0.3) is 0 Å². The molecule has 4 nitrogen and oxygen atoms in total. The summed E-state index contributed by atoms with van der Waals surface area (Å²) in [7, 11) is 1.84. The normalized spacial score (nSPS) is 27.2. The third-order valence-corrected chi connectivity index (χ3v) is 4.37. The molecule has 4 heteroatoms. The van der Waals surface area contributed by atoms with E-state index in [1.165, 1.54) is 6.42 Å². The highest BCUT2D eigenvalue weighted by atomic mass is 16.3. The lowest BCUT2D eigenvalue weighted by Crippen LogP contribution is -2.45. The number of nitrogens with zero attached hydrogens (tertiary/aromatic N) is 1. The first-order valence-electron chi connectivity index (χ1n) is 7.16. The number of nitrogens with one attached hydrogen (secondary N) is 1. The molecule has 106 valence electrons. The number of carbonyl (C=O) groups excluding carboxylic acids is 1. The zero-order chi connectivity index (χ0) is 13.9. The Morgan fingerprint density at radius 3 is 2.74 bits per heavy atom.